The molecule has 1 fully saturated rings. The van der Waals surface area contributed by atoms with Crippen molar-refractivity contribution in [3.05, 3.63) is 0 Å². The van der Waals surface area contributed by atoms with Crippen molar-refractivity contribution in [2.24, 2.45) is 11.7 Å². The summed E-state index contributed by atoms with van der Waals surface area (Å²) in [5.41, 5.74) is 5.61. The van der Waals surface area contributed by atoms with E-state index in [-0.39, 0.29) is 16.6 Å². The lowest BCUT2D eigenvalue weighted by Gasteiger charge is -2.38. The van der Waals surface area contributed by atoms with E-state index < -0.39 is 0 Å². The molecule has 1 aliphatic heterocycles. The SMILES string of the molecule is CCC(CN)C(=O)N1CCSC(C)(C)C1. The average molecular weight is 230 g/mol. The van der Waals surface area contributed by atoms with Gasteiger partial charge in [-0.2, -0.15) is 11.8 Å². The minimum absolute atomic E-state index is 0.0175. The molecule has 2 N–H and O–H groups in total. The summed E-state index contributed by atoms with van der Waals surface area (Å²) < 4.78 is 0.195. The molecule has 1 atom stereocenters. The van der Waals surface area contributed by atoms with E-state index in [9.17, 15) is 4.79 Å². The number of nitrogens with two attached hydrogens (primary N) is 1. The number of carbonyl (C=O) groups is 1. The van der Waals surface area contributed by atoms with Crippen molar-refractivity contribution >= 4 is 17.7 Å². The highest BCUT2D eigenvalue weighted by molar-refractivity contribution is 8.00. The van der Waals surface area contributed by atoms with E-state index in [1.54, 1.807) is 0 Å². The van der Waals surface area contributed by atoms with Gasteiger partial charge in [0.05, 0.1) is 5.92 Å². The Balaban J connectivity index is 2.59. The van der Waals surface area contributed by atoms with Crippen LogP contribution in [0, 0.1) is 5.92 Å². The first-order valence-corrected chi connectivity index (χ1v) is 6.61. The fourth-order valence-corrected chi connectivity index (χ4v) is 3.02. The van der Waals surface area contributed by atoms with Gasteiger partial charge < -0.3 is 10.6 Å². The van der Waals surface area contributed by atoms with Gasteiger partial charge in [0, 0.05) is 30.1 Å². The van der Waals surface area contributed by atoms with Crippen LogP contribution >= 0.6 is 11.8 Å². The van der Waals surface area contributed by atoms with Crippen LogP contribution in [-0.4, -0.2) is 40.9 Å². The zero-order chi connectivity index (χ0) is 11.5. The first kappa shape index (κ1) is 12.8. The Hall–Kier alpha value is -0.220. The summed E-state index contributed by atoms with van der Waals surface area (Å²) in [4.78, 5) is 14.1. The van der Waals surface area contributed by atoms with Crippen molar-refractivity contribution in [2.75, 3.05) is 25.4 Å². The molecule has 88 valence electrons. The van der Waals surface area contributed by atoms with Gasteiger partial charge in [-0.3, -0.25) is 4.79 Å². The van der Waals surface area contributed by atoms with Crippen molar-refractivity contribution in [3.63, 3.8) is 0 Å². The molecule has 3 nitrogen and oxygen atoms in total. The number of thioether (sulfide) groups is 1. The van der Waals surface area contributed by atoms with E-state index >= 15 is 0 Å². The van der Waals surface area contributed by atoms with E-state index in [0.717, 1.165) is 25.3 Å². The summed E-state index contributed by atoms with van der Waals surface area (Å²) in [5, 5.41) is 0. The quantitative estimate of drug-likeness (QED) is 0.795. The lowest BCUT2D eigenvalue weighted by molar-refractivity contribution is -0.135. The van der Waals surface area contributed by atoms with Crippen LogP contribution in [-0.2, 0) is 4.79 Å². The van der Waals surface area contributed by atoms with E-state index in [2.05, 4.69) is 13.8 Å². The molecular formula is C11H22N2OS. The summed E-state index contributed by atoms with van der Waals surface area (Å²) in [7, 11) is 0. The first-order chi connectivity index (χ1) is 7.00. The van der Waals surface area contributed by atoms with Gasteiger partial charge >= 0.3 is 0 Å². The van der Waals surface area contributed by atoms with Crippen LogP contribution in [0.5, 0.6) is 0 Å². The molecule has 1 amide bonds. The molecule has 0 radical (unpaired) electrons. The molecule has 0 aliphatic carbocycles. The smallest absolute Gasteiger partial charge is 0.227 e. The van der Waals surface area contributed by atoms with E-state index in [1.807, 2.05) is 23.6 Å². The van der Waals surface area contributed by atoms with Crippen LogP contribution < -0.4 is 5.73 Å². The molecule has 0 aromatic carbocycles. The summed E-state index contributed by atoms with van der Waals surface area (Å²) >= 11 is 1.94. The van der Waals surface area contributed by atoms with Crippen LogP contribution in [0.25, 0.3) is 0 Å². The Kier molecular flexibility index (Phi) is 4.46. The number of carbonyl (C=O) groups excluding carboxylic acids is 1. The van der Waals surface area contributed by atoms with Crippen molar-refractivity contribution in [1.29, 1.82) is 0 Å². The largest absolute Gasteiger partial charge is 0.340 e. The Morgan fingerprint density at radius 1 is 1.60 bits per heavy atom. The monoisotopic (exact) mass is 230 g/mol. The van der Waals surface area contributed by atoms with Gasteiger partial charge in [0.25, 0.3) is 0 Å². The van der Waals surface area contributed by atoms with Crippen LogP contribution in [0.1, 0.15) is 27.2 Å². The fraction of sp³-hybridized carbons (Fsp3) is 0.909. The number of rotatable bonds is 3. The second-order valence-corrected chi connectivity index (χ2v) is 6.51. The van der Waals surface area contributed by atoms with Gasteiger partial charge in [0.2, 0.25) is 5.91 Å². The normalized spacial score (nSPS) is 22.5. The molecule has 0 aromatic heterocycles. The zero-order valence-electron chi connectivity index (χ0n) is 9.95. The molecule has 4 heteroatoms. The highest BCUT2D eigenvalue weighted by atomic mass is 32.2. The predicted octanol–water partition coefficient (Wildman–Crippen LogP) is 1.33. The van der Waals surface area contributed by atoms with Gasteiger partial charge in [-0.25, -0.2) is 0 Å². The highest BCUT2D eigenvalue weighted by Crippen LogP contribution is 2.30. The fourth-order valence-electron chi connectivity index (χ4n) is 1.90. The van der Waals surface area contributed by atoms with Crippen molar-refractivity contribution in [2.45, 2.75) is 31.9 Å². The molecule has 1 heterocycles. The number of amides is 1. The summed E-state index contributed by atoms with van der Waals surface area (Å²) in [6, 6.07) is 0. The standard InChI is InChI=1S/C11H22N2OS/c1-4-9(7-12)10(14)13-5-6-15-11(2,3)8-13/h9H,4-8,12H2,1-3H3. The average Bonchev–Trinajstić information content (AvgIpc) is 2.18. The van der Waals surface area contributed by atoms with Crippen molar-refractivity contribution in [3.8, 4) is 0 Å². The Morgan fingerprint density at radius 2 is 2.27 bits per heavy atom. The Bertz CT molecular complexity index is 227. The highest BCUT2D eigenvalue weighted by Gasteiger charge is 2.31. The maximum Gasteiger partial charge on any atom is 0.227 e. The van der Waals surface area contributed by atoms with Gasteiger partial charge in [0.15, 0.2) is 0 Å². The Morgan fingerprint density at radius 3 is 2.73 bits per heavy atom. The van der Waals surface area contributed by atoms with E-state index in [4.69, 9.17) is 5.73 Å². The predicted molar refractivity (Wildman–Crippen MR) is 66.0 cm³/mol. The number of hydrogen-bond acceptors (Lipinski definition) is 3. The third-order valence-corrected chi connectivity index (χ3v) is 4.16. The van der Waals surface area contributed by atoms with Gasteiger partial charge in [0.1, 0.15) is 0 Å². The van der Waals surface area contributed by atoms with Crippen molar-refractivity contribution in [1.82, 2.24) is 4.90 Å². The van der Waals surface area contributed by atoms with Crippen LogP contribution in [0.15, 0.2) is 0 Å². The third-order valence-electron chi connectivity index (χ3n) is 2.86. The summed E-state index contributed by atoms with van der Waals surface area (Å²) in [6.45, 7) is 8.62. The van der Waals surface area contributed by atoms with Gasteiger partial charge in [-0.15, -0.1) is 0 Å². The molecule has 1 aliphatic rings. The molecule has 0 bridgehead atoms. The molecular weight excluding hydrogens is 208 g/mol. The molecule has 1 saturated heterocycles. The molecule has 0 spiro atoms. The van der Waals surface area contributed by atoms with Crippen molar-refractivity contribution < 1.29 is 4.79 Å². The molecule has 0 aromatic rings. The lowest BCUT2D eigenvalue weighted by atomic mass is 10.0. The van der Waals surface area contributed by atoms with Gasteiger partial charge in [-0.05, 0) is 20.3 Å². The van der Waals surface area contributed by atoms with E-state index in [0.29, 0.717) is 6.54 Å². The second-order valence-electron chi connectivity index (χ2n) is 4.71. The minimum Gasteiger partial charge on any atom is -0.340 e. The lowest BCUT2D eigenvalue weighted by Crippen LogP contribution is -2.49. The number of nitrogens with zero attached hydrogens (tertiary/aromatic N) is 1. The number of hydrogen-bond donors (Lipinski definition) is 1. The maximum absolute atomic E-state index is 12.1. The zero-order valence-corrected chi connectivity index (χ0v) is 10.8. The van der Waals surface area contributed by atoms with E-state index in [1.165, 1.54) is 0 Å². The summed E-state index contributed by atoms with van der Waals surface area (Å²) in [5.74, 6) is 1.30. The molecule has 1 rings (SSSR count). The minimum atomic E-state index is 0.0175. The summed E-state index contributed by atoms with van der Waals surface area (Å²) in [6.07, 6.45) is 0.847. The molecule has 15 heavy (non-hydrogen) atoms. The second kappa shape index (κ2) is 5.21. The maximum atomic E-state index is 12.1. The van der Waals surface area contributed by atoms with Crippen LogP contribution in [0.4, 0.5) is 0 Å². The van der Waals surface area contributed by atoms with Crippen LogP contribution in [0.3, 0.4) is 0 Å². The first-order valence-electron chi connectivity index (χ1n) is 5.63. The molecule has 1 unspecified atom stereocenters. The topological polar surface area (TPSA) is 46.3 Å². The third kappa shape index (κ3) is 3.38. The molecule has 0 saturated carbocycles. The van der Waals surface area contributed by atoms with Gasteiger partial charge in [-0.1, -0.05) is 6.92 Å². The Labute approximate surface area is 96.8 Å². The van der Waals surface area contributed by atoms with Crippen LogP contribution in [0.2, 0.25) is 0 Å².